The van der Waals surface area contributed by atoms with Crippen LogP contribution in [-0.2, 0) is 11.8 Å². The largest absolute Gasteiger partial charge is 0.484 e. The van der Waals surface area contributed by atoms with E-state index in [4.69, 9.17) is 4.74 Å². The number of nitrogens with one attached hydrogen (secondary N) is 1. The van der Waals surface area contributed by atoms with Gasteiger partial charge in [0.25, 0.3) is 5.91 Å². The second-order valence-electron chi connectivity index (χ2n) is 5.55. The van der Waals surface area contributed by atoms with Crippen molar-refractivity contribution < 1.29 is 13.9 Å². The molecular weight excluding hydrogens is 321 g/mol. The summed E-state index contributed by atoms with van der Waals surface area (Å²) < 4.78 is 20.9. The molecule has 0 bridgehead atoms. The molecule has 0 aliphatic carbocycles. The standard InChI is InChI=1S/C19H18FN3O2/c1-23-11-10-21-19(23)18(14-6-5-7-15(20)12-14)22-17(24)13-25-16-8-3-2-4-9-16/h2-12,18H,13H2,1H3,(H,22,24)/t18-/m0/s1. The molecule has 1 heterocycles. The Morgan fingerprint density at radius 2 is 2.04 bits per heavy atom. The molecular formula is C19H18FN3O2. The smallest absolute Gasteiger partial charge is 0.258 e. The zero-order valence-corrected chi connectivity index (χ0v) is 13.7. The molecule has 5 nitrogen and oxygen atoms in total. The fourth-order valence-electron chi connectivity index (χ4n) is 2.51. The van der Waals surface area contributed by atoms with Crippen LogP contribution >= 0.6 is 0 Å². The van der Waals surface area contributed by atoms with Crippen molar-refractivity contribution in [3.05, 3.63) is 84.2 Å². The van der Waals surface area contributed by atoms with Crippen molar-refractivity contribution in [2.24, 2.45) is 7.05 Å². The normalized spacial score (nSPS) is 11.8. The van der Waals surface area contributed by atoms with Crippen LogP contribution in [0.3, 0.4) is 0 Å². The van der Waals surface area contributed by atoms with Crippen LogP contribution in [0.15, 0.2) is 67.0 Å². The number of hydrogen-bond acceptors (Lipinski definition) is 3. The van der Waals surface area contributed by atoms with Crippen LogP contribution in [0.2, 0.25) is 0 Å². The number of ether oxygens (including phenoxy) is 1. The quantitative estimate of drug-likeness (QED) is 0.751. The van der Waals surface area contributed by atoms with Gasteiger partial charge in [0.1, 0.15) is 23.4 Å². The molecule has 3 rings (SSSR count). The summed E-state index contributed by atoms with van der Waals surface area (Å²) in [5, 5.41) is 2.86. The lowest BCUT2D eigenvalue weighted by Crippen LogP contribution is -2.34. The van der Waals surface area contributed by atoms with Crippen LogP contribution in [0.25, 0.3) is 0 Å². The van der Waals surface area contributed by atoms with Gasteiger partial charge in [0, 0.05) is 19.4 Å². The first-order valence-corrected chi connectivity index (χ1v) is 7.83. The van der Waals surface area contributed by atoms with Gasteiger partial charge in [-0.15, -0.1) is 0 Å². The molecule has 0 fully saturated rings. The number of amides is 1. The summed E-state index contributed by atoms with van der Waals surface area (Å²) in [5.74, 6) is 0.531. The van der Waals surface area contributed by atoms with Gasteiger partial charge in [-0.1, -0.05) is 30.3 Å². The predicted octanol–water partition coefficient (Wildman–Crippen LogP) is 2.84. The number of rotatable bonds is 6. The van der Waals surface area contributed by atoms with Crippen molar-refractivity contribution in [3.63, 3.8) is 0 Å². The first-order valence-electron chi connectivity index (χ1n) is 7.83. The van der Waals surface area contributed by atoms with E-state index in [2.05, 4.69) is 10.3 Å². The lowest BCUT2D eigenvalue weighted by atomic mass is 10.1. The van der Waals surface area contributed by atoms with E-state index in [0.29, 0.717) is 17.1 Å². The van der Waals surface area contributed by atoms with Crippen LogP contribution in [0.4, 0.5) is 4.39 Å². The molecule has 1 atom stereocenters. The maximum absolute atomic E-state index is 13.6. The molecule has 1 aromatic heterocycles. The van der Waals surface area contributed by atoms with Gasteiger partial charge in [0.15, 0.2) is 6.61 Å². The Balaban J connectivity index is 1.76. The van der Waals surface area contributed by atoms with E-state index in [1.165, 1.54) is 12.1 Å². The third-order valence-corrected chi connectivity index (χ3v) is 3.72. The highest BCUT2D eigenvalue weighted by Crippen LogP contribution is 2.21. The van der Waals surface area contributed by atoms with Gasteiger partial charge >= 0.3 is 0 Å². The Kier molecular flexibility index (Phi) is 5.09. The summed E-state index contributed by atoms with van der Waals surface area (Å²) in [6.45, 7) is -0.139. The first kappa shape index (κ1) is 16.7. The number of carbonyl (C=O) groups excluding carboxylic acids is 1. The third-order valence-electron chi connectivity index (χ3n) is 3.72. The summed E-state index contributed by atoms with van der Waals surface area (Å²) in [6.07, 6.45) is 3.41. The van der Waals surface area contributed by atoms with E-state index in [1.807, 2.05) is 25.2 Å². The lowest BCUT2D eigenvalue weighted by Gasteiger charge is -2.19. The van der Waals surface area contributed by atoms with E-state index < -0.39 is 6.04 Å². The molecule has 128 valence electrons. The number of carbonyl (C=O) groups is 1. The van der Waals surface area contributed by atoms with Crippen molar-refractivity contribution in [2.75, 3.05) is 6.61 Å². The number of para-hydroxylation sites is 1. The fraction of sp³-hybridized carbons (Fsp3) is 0.158. The molecule has 3 aromatic rings. The zero-order chi connectivity index (χ0) is 17.6. The number of benzene rings is 2. The molecule has 25 heavy (non-hydrogen) atoms. The summed E-state index contributed by atoms with van der Waals surface area (Å²) >= 11 is 0. The number of halogens is 1. The Bertz CT molecular complexity index is 849. The van der Waals surface area contributed by atoms with Crippen LogP contribution < -0.4 is 10.1 Å². The minimum Gasteiger partial charge on any atom is -0.484 e. The minimum absolute atomic E-state index is 0.139. The molecule has 2 aromatic carbocycles. The molecule has 0 saturated heterocycles. The summed E-state index contributed by atoms with van der Waals surface area (Å²) in [7, 11) is 1.82. The highest BCUT2D eigenvalue weighted by atomic mass is 19.1. The van der Waals surface area contributed by atoms with Gasteiger partial charge in [0.05, 0.1) is 0 Å². The summed E-state index contributed by atoms with van der Waals surface area (Å²) in [5.41, 5.74) is 0.613. The maximum Gasteiger partial charge on any atom is 0.258 e. The van der Waals surface area contributed by atoms with Crippen LogP contribution in [-0.4, -0.2) is 22.1 Å². The molecule has 6 heteroatoms. The fourth-order valence-corrected chi connectivity index (χ4v) is 2.51. The van der Waals surface area contributed by atoms with E-state index in [0.717, 1.165) is 0 Å². The lowest BCUT2D eigenvalue weighted by molar-refractivity contribution is -0.123. The Hall–Kier alpha value is -3.15. The van der Waals surface area contributed by atoms with Crippen molar-refractivity contribution in [1.29, 1.82) is 0 Å². The first-order chi connectivity index (χ1) is 12.1. The Morgan fingerprint density at radius 1 is 1.24 bits per heavy atom. The van der Waals surface area contributed by atoms with Gasteiger partial charge in [-0.3, -0.25) is 4.79 Å². The number of aryl methyl sites for hydroxylation is 1. The number of aromatic nitrogens is 2. The topological polar surface area (TPSA) is 56.2 Å². The van der Waals surface area contributed by atoms with Crippen molar-refractivity contribution in [1.82, 2.24) is 14.9 Å². The molecule has 1 N–H and O–H groups in total. The molecule has 0 unspecified atom stereocenters. The highest BCUT2D eigenvalue weighted by molar-refractivity contribution is 5.78. The van der Waals surface area contributed by atoms with Crippen LogP contribution in [0.1, 0.15) is 17.4 Å². The minimum atomic E-state index is -0.567. The second-order valence-corrected chi connectivity index (χ2v) is 5.55. The van der Waals surface area contributed by atoms with Crippen molar-refractivity contribution in [3.8, 4) is 5.75 Å². The molecule has 0 aliphatic rings. The van der Waals surface area contributed by atoms with E-state index >= 15 is 0 Å². The monoisotopic (exact) mass is 339 g/mol. The van der Waals surface area contributed by atoms with E-state index in [-0.39, 0.29) is 18.3 Å². The van der Waals surface area contributed by atoms with Gasteiger partial charge in [-0.05, 0) is 29.8 Å². The number of imidazole rings is 1. The summed E-state index contributed by atoms with van der Waals surface area (Å²) in [4.78, 5) is 16.6. The molecule has 0 saturated carbocycles. The van der Waals surface area contributed by atoms with Crippen LogP contribution in [0.5, 0.6) is 5.75 Å². The Morgan fingerprint density at radius 3 is 2.72 bits per heavy atom. The van der Waals surface area contributed by atoms with E-state index in [9.17, 15) is 9.18 Å². The average Bonchev–Trinajstić information content (AvgIpc) is 3.04. The number of nitrogens with zero attached hydrogens (tertiary/aromatic N) is 2. The molecule has 1 amide bonds. The van der Waals surface area contributed by atoms with Gasteiger partial charge < -0.3 is 14.6 Å². The molecule has 0 radical (unpaired) electrons. The average molecular weight is 339 g/mol. The van der Waals surface area contributed by atoms with Crippen molar-refractivity contribution in [2.45, 2.75) is 6.04 Å². The second kappa shape index (κ2) is 7.61. The zero-order valence-electron chi connectivity index (χ0n) is 13.7. The molecule has 0 spiro atoms. The maximum atomic E-state index is 13.6. The molecule has 0 aliphatic heterocycles. The highest BCUT2D eigenvalue weighted by Gasteiger charge is 2.21. The Labute approximate surface area is 145 Å². The van der Waals surface area contributed by atoms with Crippen molar-refractivity contribution >= 4 is 5.91 Å². The van der Waals surface area contributed by atoms with Gasteiger partial charge in [-0.2, -0.15) is 0 Å². The van der Waals surface area contributed by atoms with Crippen LogP contribution in [0, 0.1) is 5.82 Å². The SMILES string of the molecule is Cn1ccnc1[C@@H](NC(=O)COc1ccccc1)c1cccc(F)c1. The predicted molar refractivity (Wildman–Crippen MR) is 91.5 cm³/mol. The third kappa shape index (κ3) is 4.23. The van der Waals surface area contributed by atoms with Gasteiger partial charge in [0.2, 0.25) is 0 Å². The summed E-state index contributed by atoms with van der Waals surface area (Å²) in [6, 6.07) is 14.6. The number of hydrogen-bond donors (Lipinski definition) is 1. The van der Waals surface area contributed by atoms with E-state index in [1.54, 1.807) is 41.2 Å². The van der Waals surface area contributed by atoms with Gasteiger partial charge in [-0.25, -0.2) is 9.37 Å².